The maximum Gasteiger partial charge on any atom is 0.324 e. The van der Waals surface area contributed by atoms with Crippen molar-refractivity contribution in [2.75, 3.05) is 26.2 Å². The molecule has 3 heterocycles. The van der Waals surface area contributed by atoms with E-state index in [-0.39, 0.29) is 11.9 Å². The number of H-pyrrole nitrogens is 1. The molecule has 3 amide bonds. The van der Waals surface area contributed by atoms with E-state index in [1.807, 2.05) is 24.4 Å². The Labute approximate surface area is 198 Å². The average molecular weight is 465 g/mol. The van der Waals surface area contributed by atoms with E-state index in [1.165, 1.54) is 10.5 Å². The van der Waals surface area contributed by atoms with Crippen LogP contribution in [-0.2, 0) is 11.2 Å². The van der Waals surface area contributed by atoms with E-state index in [4.69, 9.17) is 11.6 Å². The third-order valence-corrected chi connectivity index (χ3v) is 7.21. The number of amides is 3. The first-order valence-corrected chi connectivity index (χ1v) is 12.1. The van der Waals surface area contributed by atoms with Gasteiger partial charge in [-0.2, -0.15) is 0 Å². The second-order valence-corrected chi connectivity index (χ2v) is 9.52. The lowest BCUT2D eigenvalue weighted by Crippen LogP contribution is -2.37. The van der Waals surface area contributed by atoms with E-state index >= 15 is 0 Å². The fraction of sp³-hybridized carbons (Fsp3) is 0.385. The number of carbonyl (C=O) groups is 2. The van der Waals surface area contributed by atoms with Gasteiger partial charge in [-0.1, -0.05) is 41.9 Å². The summed E-state index contributed by atoms with van der Waals surface area (Å²) in [5, 5.41) is 4.50. The van der Waals surface area contributed by atoms with Gasteiger partial charge < -0.3 is 15.2 Å². The first-order chi connectivity index (χ1) is 16.1. The van der Waals surface area contributed by atoms with Gasteiger partial charge in [0.1, 0.15) is 6.04 Å². The highest BCUT2D eigenvalue weighted by atomic mass is 35.5. The van der Waals surface area contributed by atoms with Crippen LogP contribution in [0.1, 0.15) is 36.3 Å². The molecule has 2 aromatic carbocycles. The maximum atomic E-state index is 12.9. The fourth-order valence-electron chi connectivity index (χ4n) is 5.13. The van der Waals surface area contributed by atoms with Crippen LogP contribution in [0.3, 0.4) is 0 Å². The standard InChI is InChI=1S/C26H29ClN4O2/c27-21-7-8-23-22(16-21)20(17-28-23)15-24-25(32)31(26(33)29-24)12-4-11-30-13-9-19(10-14-30)18-5-2-1-3-6-18/h1-3,5-8,16-17,19,24,28H,4,9-15H2,(H,29,33). The molecular weight excluding hydrogens is 436 g/mol. The van der Waals surface area contributed by atoms with Crippen molar-refractivity contribution in [2.24, 2.45) is 0 Å². The van der Waals surface area contributed by atoms with Gasteiger partial charge >= 0.3 is 6.03 Å². The minimum Gasteiger partial charge on any atom is -0.361 e. The molecule has 2 fully saturated rings. The van der Waals surface area contributed by atoms with Crippen molar-refractivity contribution >= 4 is 34.4 Å². The Morgan fingerprint density at radius 3 is 2.58 bits per heavy atom. The minimum absolute atomic E-state index is 0.140. The highest BCUT2D eigenvalue weighted by Crippen LogP contribution is 2.28. The smallest absolute Gasteiger partial charge is 0.324 e. The van der Waals surface area contributed by atoms with Gasteiger partial charge in [0.2, 0.25) is 0 Å². The summed E-state index contributed by atoms with van der Waals surface area (Å²) in [5.41, 5.74) is 3.38. The third-order valence-electron chi connectivity index (χ3n) is 6.98. The van der Waals surface area contributed by atoms with Crippen LogP contribution >= 0.6 is 11.6 Å². The number of benzene rings is 2. The van der Waals surface area contributed by atoms with Crippen molar-refractivity contribution in [3.63, 3.8) is 0 Å². The Kier molecular flexibility index (Phi) is 6.38. The van der Waals surface area contributed by atoms with Crippen molar-refractivity contribution in [1.29, 1.82) is 0 Å². The van der Waals surface area contributed by atoms with Gasteiger partial charge in [-0.3, -0.25) is 9.69 Å². The zero-order valence-corrected chi connectivity index (χ0v) is 19.4. The number of halogens is 1. The van der Waals surface area contributed by atoms with Crippen LogP contribution in [-0.4, -0.2) is 58.9 Å². The topological polar surface area (TPSA) is 68.4 Å². The zero-order chi connectivity index (χ0) is 22.8. The molecular formula is C26H29ClN4O2. The summed E-state index contributed by atoms with van der Waals surface area (Å²) in [6.45, 7) is 3.49. The van der Waals surface area contributed by atoms with E-state index in [9.17, 15) is 9.59 Å². The Bertz CT molecular complexity index is 1140. The van der Waals surface area contributed by atoms with Crippen LogP contribution in [0.4, 0.5) is 4.79 Å². The van der Waals surface area contributed by atoms with Gasteiger partial charge in [0.25, 0.3) is 5.91 Å². The van der Waals surface area contributed by atoms with Gasteiger partial charge in [0.15, 0.2) is 0 Å². The molecule has 172 valence electrons. The molecule has 5 rings (SSSR count). The summed E-state index contributed by atoms with van der Waals surface area (Å²) in [6, 6.07) is 15.6. The van der Waals surface area contributed by atoms with Gasteiger partial charge in [0.05, 0.1) is 0 Å². The van der Waals surface area contributed by atoms with Crippen LogP contribution in [0, 0.1) is 0 Å². The van der Waals surface area contributed by atoms with E-state index in [0.29, 0.717) is 23.9 Å². The van der Waals surface area contributed by atoms with Gasteiger partial charge in [-0.05, 0) is 74.1 Å². The molecule has 33 heavy (non-hydrogen) atoms. The number of urea groups is 1. The van der Waals surface area contributed by atoms with Crippen molar-refractivity contribution in [1.82, 2.24) is 20.1 Å². The molecule has 2 N–H and O–H groups in total. The molecule has 6 nitrogen and oxygen atoms in total. The number of hydrogen-bond donors (Lipinski definition) is 2. The molecule has 3 aromatic rings. The Morgan fingerprint density at radius 1 is 1.00 bits per heavy atom. The number of nitrogens with one attached hydrogen (secondary N) is 2. The summed E-state index contributed by atoms with van der Waals surface area (Å²) in [5.74, 6) is 0.493. The maximum absolute atomic E-state index is 12.9. The molecule has 0 bridgehead atoms. The predicted molar refractivity (Wildman–Crippen MR) is 131 cm³/mol. The number of imide groups is 1. The molecule has 2 aliphatic heterocycles. The van der Waals surface area contributed by atoms with Crippen LogP contribution < -0.4 is 5.32 Å². The summed E-state index contributed by atoms with van der Waals surface area (Å²) >= 11 is 6.14. The SMILES string of the molecule is O=C1NC(Cc2c[nH]c3ccc(Cl)cc23)C(=O)N1CCCN1CCC(c2ccccc2)CC1. The number of hydrogen-bond acceptors (Lipinski definition) is 3. The lowest BCUT2D eigenvalue weighted by atomic mass is 9.89. The molecule has 2 saturated heterocycles. The molecule has 0 saturated carbocycles. The highest BCUT2D eigenvalue weighted by molar-refractivity contribution is 6.31. The number of carbonyl (C=O) groups excluding carboxylic acids is 2. The number of aromatic nitrogens is 1. The van der Waals surface area contributed by atoms with Crippen molar-refractivity contribution in [3.05, 3.63) is 70.9 Å². The van der Waals surface area contributed by atoms with Crippen LogP contribution in [0.15, 0.2) is 54.7 Å². The van der Waals surface area contributed by atoms with Crippen molar-refractivity contribution in [2.45, 2.75) is 37.6 Å². The van der Waals surface area contributed by atoms with Crippen molar-refractivity contribution < 1.29 is 9.59 Å². The molecule has 1 atom stereocenters. The lowest BCUT2D eigenvalue weighted by Gasteiger charge is -2.32. The fourth-order valence-corrected chi connectivity index (χ4v) is 5.31. The molecule has 1 aromatic heterocycles. The Hall–Kier alpha value is -2.83. The molecule has 0 aliphatic carbocycles. The summed E-state index contributed by atoms with van der Waals surface area (Å²) in [7, 11) is 0. The average Bonchev–Trinajstić information content (AvgIpc) is 3.35. The Balaban J connectivity index is 1.11. The second-order valence-electron chi connectivity index (χ2n) is 9.08. The summed E-state index contributed by atoms with van der Waals surface area (Å²) in [6.07, 6.45) is 5.45. The number of nitrogens with zero attached hydrogens (tertiary/aromatic N) is 2. The highest BCUT2D eigenvalue weighted by Gasteiger charge is 2.37. The summed E-state index contributed by atoms with van der Waals surface area (Å²) < 4.78 is 0. The second kappa shape index (κ2) is 9.57. The minimum atomic E-state index is -0.530. The zero-order valence-electron chi connectivity index (χ0n) is 18.6. The van der Waals surface area contributed by atoms with Crippen LogP contribution in [0.5, 0.6) is 0 Å². The number of likely N-dealkylation sites (tertiary alicyclic amines) is 1. The molecule has 7 heteroatoms. The Morgan fingerprint density at radius 2 is 1.79 bits per heavy atom. The molecule has 1 unspecified atom stereocenters. The van der Waals surface area contributed by atoms with Gasteiger partial charge in [-0.15, -0.1) is 0 Å². The van der Waals surface area contributed by atoms with E-state index in [0.717, 1.165) is 55.4 Å². The largest absolute Gasteiger partial charge is 0.361 e. The first kappa shape index (κ1) is 22.0. The van der Waals surface area contributed by atoms with Gasteiger partial charge in [-0.25, -0.2) is 4.79 Å². The number of rotatable bonds is 7. The normalized spacial score (nSPS) is 20.0. The van der Waals surface area contributed by atoms with E-state index in [2.05, 4.69) is 45.5 Å². The number of fused-ring (bicyclic) bond motifs is 1. The molecule has 2 aliphatic rings. The van der Waals surface area contributed by atoms with E-state index < -0.39 is 6.04 Å². The van der Waals surface area contributed by atoms with Crippen LogP contribution in [0.2, 0.25) is 5.02 Å². The van der Waals surface area contributed by atoms with Crippen LogP contribution in [0.25, 0.3) is 10.9 Å². The lowest BCUT2D eigenvalue weighted by molar-refractivity contribution is -0.127. The predicted octanol–water partition coefficient (Wildman–Crippen LogP) is 4.55. The monoisotopic (exact) mass is 464 g/mol. The molecule has 0 radical (unpaired) electrons. The number of piperidine rings is 1. The number of aromatic amines is 1. The summed E-state index contributed by atoms with van der Waals surface area (Å²) in [4.78, 5) is 32.4. The third kappa shape index (κ3) is 4.77. The van der Waals surface area contributed by atoms with Crippen molar-refractivity contribution in [3.8, 4) is 0 Å². The van der Waals surface area contributed by atoms with E-state index in [1.54, 1.807) is 0 Å². The van der Waals surface area contributed by atoms with Gasteiger partial charge in [0, 0.05) is 35.1 Å². The quantitative estimate of drug-likeness (QED) is 0.504. The first-order valence-electron chi connectivity index (χ1n) is 11.7. The molecule has 0 spiro atoms.